The molecule has 1 saturated heterocycles. The number of nitrogens with zero attached hydrogens (tertiary/aromatic N) is 3. The molecule has 7 nitrogen and oxygen atoms in total. The number of carbonyl (C=O) groups is 1. The van der Waals surface area contributed by atoms with Gasteiger partial charge < -0.3 is 9.42 Å². The van der Waals surface area contributed by atoms with Crippen LogP contribution in [0.15, 0.2) is 33.7 Å². The molecule has 0 unspecified atom stereocenters. The maximum atomic E-state index is 12.9. The molecule has 9 heteroatoms. The van der Waals surface area contributed by atoms with E-state index in [-0.39, 0.29) is 22.5 Å². The first kappa shape index (κ1) is 20.8. The normalized spacial score (nSPS) is 16.3. The van der Waals surface area contributed by atoms with Crippen molar-refractivity contribution in [2.45, 2.75) is 38.1 Å². The van der Waals surface area contributed by atoms with E-state index < -0.39 is 10.0 Å². The number of aryl methyl sites for hydroxylation is 2. The summed E-state index contributed by atoms with van der Waals surface area (Å²) in [4.78, 5) is 14.6. The summed E-state index contributed by atoms with van der Waals surface area (Å²) in [5, 5.41) is 4.37. The van der Waals surface area contributed by atoms with E-state index in [0.29, 0.717) is 43.2 Å². The molecule has 1 fully saturated rings. The van der Waals surface area contributed by atoms with Gasteiger partial charge in [-0.2, -0.15) is 4.31 Å². The van der Waals surface area contributed by atoms with Crippen molar-refractivity contribution < 1.29 is 17.7 Å². The minimum Gasteiger partial charge on any atom is -0.360 e. The van der Waals surface area contributed by atoms with E-state index in [0.717, 1.165) is 5.56 Å². The molecule has 0 saturated carbocycles. The van der Waals surface area contributed by atoms with Gasteiger partial charge in [0.15, 0.2) is 5.76 Å². The Morgan fingerprint density at radius 1 is 1.32 bits per heavy atom. The van der Waals surface area contributed by atoms with Gasteiger partial charge >= 0.3 is 0 Å². The Bertz CT molecular complexity index is 946. The summed E-state index contributed by atoms with van der Waals surface area (Å²) < 4.78 is 32.2. The second-order valence-electron chi connectivity index (χ2n) is 7.16. The highest BCUT2D eigenvalue weighted by atomic mass is 35.5. The quantitative estimate of drug-likeness (QED) is 0.735. The first-order valence-corrected chi connectivity index (χ1v) is 10.9. The number of aromatic nitrogens is 1. The lowest BCUT2D eigenvalue weighted by Gasteiger charge is -2.32. The molecule has 1 aromatic heterocycles. The van der Waals surface area contributed by atoms with E-state index in [1.807, 2.05) is 18.2 Å². The number of sulfonamides is 1. The molecule has 152 valence electrons. The van der Waals surface area contributed by atoms with Crippen LogP contribution in [0.3, 0.4) is 0 Å². The highest BCUT2D eigenvalue weighted by Crippen LogP contribution is 2.28. The lowest BCUT2D eigenvalue weighted by Crippen LogP contribution is -2.43. The lowest BCUT2D eigenvalue weighted by molar-refractivity contribution is -0.135. The molecule has 0 atom stereocenters. The van der Waals surface area contributed by atoms with E-state index in [1.54, 1.807) is 31.9 Å². The van der Waals surface area contributed by atoms with Gasteiger partial charge in [-0.25, -0.2) is 8.42 Å². The van der Waals surface area contributed by atoms with Crippen LogP contribution in [-0.4, -0.2) is 48.8 Å². The molecule has 1 aliphatic rings. The van der Waals surface area contributed by atoms with Crippen molar-refractivity contribution in [1.82, 2.24) is 14.4 Å². The van der Waals surface area contributed by atoms with Crippen LogP contribution in [0.5, 0.6) is 0 Å². The zero-order valence-corrected chi connectivity index (χ0v) is 17.8. The Morgan fingerprint density at radius 2 is 2.00 bits per heavy atom. The van der Waals surface area contributed by atoms with Crippen LogP contribution in [0, 0.1) is 19.8 Å². The van der Waals surface area contributed by atoms with Crippen LogP contribution >= 0.6 is 11.6 Å². The molecular formula is C19H24ClN3O4S. The summed E-state index contributed by atoms with van der Waals surface area (Å²) >= 11 is 6.00. The third kappa shape index (κ3) is 4.24. The van der Waals surface area contributed by atoms with Gasteiger partial charge in [-0.05, 0) is 44.4 Å². The SMILES string of the molecule is Cc1noc(C)c1S(=O)(=O)N1CCC(C(=O)N(C)Cc2cccc(Cl)c2)CC1. The highest BCUT2D eigenvalue weighted by molar-refractivity contribution is 7.89. The van der Waals surface area contributed by atoms with Crippen molar-refractivity contribution in [3.8, 4) is 0 Å². The molecule has 0 N–H and O–H groups in total. The maximum absolute atomic E-state index is 12.9. The third-order valence-electron chi connectivity index (χ3n) is 5.05. The molecule has 1 amide bonds. The van der Waals surface area contributed by atoms with Gasteiger partial charge in [0.2, 0.25) is 15.9 Å². The molecule has 2 heterocycles. The van der Waals surface area contributed by atoms with E-state index in [2.05, 4.69) is 5.16 Å². The minimum absolute atomic E-state index is 0.0226. The van der Waals surface area contributed by atoms with Crippen molar-refractivity contribution in [2.24, 2.45) is 5.92 Å². The van der Waals surface area contributed by atoms with Gasteiger partial charge in [-0.1, -0.05) is 28.9 Å². The van der Waals surface area contributed by atoms with Gasteiger partial charge in [-0.15, -0.1) is 0 Å². The molecule has 0 bridgehead atoms. The van der Waals surface area contributed by atoms with Crippen LogP contribution in [0.4, 0.5) is 0 Å². The fourth-order valence-electron chi connectivity index (χ4n) is 3.61. The predicted molar refractivity (Wildman–Crippen MR) is 105 cm³/mol. The standard InChI is InChI=1S/C19H24ClN3O4S/c1-13-18(14(2)27-21-13)28(25,26)23-9-7-16(8-10-23)19(24)22(3)12-15-5-4-6-17(20)11-15/h4-6,11,16H,7-10,12H2,1-3H3. The second-order valence-corrected chi connectivity index (χ2v) is 9.47. The molecular weight excluding hydrogens is 402 g/mol. The monoisotopic (exact) mass is 425 g/mol. The minimum atomic E-state index is -3.67. The second kappa shape index (κ2) is 8.23. The van der Waals surface area contributed by atoms with Crippen molar-refractivity contribution in [2.75, 3.05) is 20.1 Å². The summed E-state index contributed by atoms with van der Waals surface area (Å²) in [7, 11) is -1.91. The number of carbonyl (C=O) groups excluding carboxylic acids is 1. The Labute approximate surface area is 170 Å². The zero-order valence-electron chi connectivity index (χ0n) is 16.2. The Kier molecular flexibility index (Phi) is 6.12. The summed E-state index contributed by atoms with van der Waals surface area (Å²) in [6.07, 6.45) is 0.975. The van der Waals surface area contributed by atoms with E-state index in [4.69, 9.17) is 16.1 Å². The van der Waals surface area contributed by atoms with Crippen LogP contribution < -0.4 is 0 Å². The molecule has 1 aliphatic heterocycles. The van der Waals surface area contributed by atoms with E-state index >= 15 is 0 Å². The van der Waals surface area contributed by atoms with Gasteiger partial charge in [-0.3, -0.25) is 4.79 Å². The maximum Gasteiger partial charge on any atom is 0.248 e. The number of halogens is 1. The largest absolute Gasteiger partial charge is 0.360 e. The molecule has 0 spiro atoms. The number of piperidine rings is 1. The van der Waals surface area contributed by atoms with E-state index in [1.165, 1.54) is 4.31 Å². The van der Waals surface area contributed by atoms with Crippen molar-refractivity contribution in [3.05, 3.63) is 46.3 Å². The average Bonchev–Trinajstić information content (AvgIpc) is 3.00. The van der Waals surface area contributed by atoms with Crippen LogP contribution in [0.2, 0.25) is 5.02 Å². The fraction of sp³-hybridized carbons (Fsp3) is 0.474. The van der Waals surface area contributed by atoms with Crippen molar-refractivity contribution >= 4 is 27.5 Å². The summed E-state index contributed by atoms with van der Waals surface area (Å²) in [6.45, 7) is 4.27. The molecule has 2 aromatic rings. The van der Waals surface area contributed by atoms with Crippen molar-refractivity contribution in [1.29, 1.82) is 0 Å². The van der Waals surface area contributed by atoms with Gasteiger partial charge in [0.05, 0.1) is 0 Å². The first-order valence-electron chi connectivity index (χ1n) is 9.12. The Balaban J connectivity index is 1.62. The number of hydrogen-bond donors (Lipinski definition) is 0. The Morgan fingerprint density at radius 3 is 2.57 bits per heavy atom. The molecule has 28 heavy (non-hydrogen) atoms. The summed E-state index contributed by atoms with van der Waals surface area (Å²) in [6, 6.07) is 7.41. The van der Waals surface area contributed by atoms with Crippen LogP contribution in [-0.2, 0) is 21.4 Å². The number of hydrogen-bond acceptors (Lipinski definition) is 5. The lowest BCUT2D eigenvalue weighted by atomic mass is 9.96. The number of amides is 1. The smallest absolute Gasteiger partial charge is 0.248 e. The number of rotatable bonds is 5. The molecule has 0 radical (unpaired) electrons. The predicted octanol–water partition coefficient (Wildman–Crippen LogP) is 3.00. The Hall–Kier alpha value is -1.90. The first-order chi connectivity index (χ1) is 13.2. The van der Waals surface area contributed by atoms with Crippen molar-refractivity contribution in [3.63, 3.8) is 0 Å². The number of benzene rings is 1. The molecule has 0 aliphatic carbocycles. The van der Waals surface area contributed by atoms with E-state index in [9.17, 15) is 13.2 Å². The highest BCUT2D eigenvalue weighted by Gasteiger charge is 2.36. The summed E-state index contributed by atoms with van der Waals surface area (Å²) in [5.41, 5.74) is 1.32. The van der Waals surface area contributed by atoms with Gasteiger partial charge in [0.25, 0.3) is 0 Å². The molecule has 3 rings (SSSR count). The molecule has 1 aromatic carbocycles. The average molecular weight is 426 g/mol. The zero-order chi connectivity index (χ0) is 20.5. The van der Waals surface area contributed by atoms with Gasteiger partial charge in [0.1, 0.15) is 10.6 Å². The van der Waals surface area contributed by atoms with Gasteiger partial charge in [0, 0.05) is 37.6 Å². The summed E-state index contributed by atoms with van der Waals surface area (Å²) in [5.74, 6) is 0.117. The van der Waals surface area contributed by atoms with Crippen LogP contribution in [0.25, 0.3) is 0 Å². The third-order valence-corrected chi connectivity index (χ3v) is 7.43. The fourth-order valence-corrected chi connectivity index (χ4v) is 5.59. The topological polar surface area (TPSA) is 83.7 Å². The van der Waals surface area contributed by atoms with Crippen LogP contribution in [0.1, 0.15) is 29.9 Å².